The number of nitrogens with zero attached hydrogens (tertiary/aromatic N) is 5. The van der Waals surface area contributed by atoms with Gasteiger partial charge in [-0.15, -0.1) is 0 Å². The van der Waals surface area contributed by atoms with Gasteiger partial charge < -0.3 is 30.1 Å². The number of aryl methyl sites for hydroxylation is 1. The molecule has 39 heavy (non-hydrogen) atoms. The van der Waals surface area contributed by atoms with E-state index in [2.05, 4.69) is 43.5 Å². The Morgan fingerprint density at radius 2 is 1.97 bits per heavy atom. The van der Waals surface area contributed by atoms with Crippen molar-refractivity contribution in [1.29, 1.82) is 0 Å². The molecule has 3 heterocycles. The molecule has 1 saturated heterocycles. The lowest BCUT2D eigenvalue weighted by Crippen LogP contribution is -2.28. The molecule has 4 rings (SSSR count). The molecule has 12 heteroatoms. The standard InChI is InChI=1S/C27H34F3N7O2/c1-3-20-18-21(36-12-5-10-35(2)13-14-36)6-7-23(20)33-26-32-19-22(27(28,29)30)25(34-26)31-9-4-11-37-15-17-39-16-8-24(37)38/h6-8,15-19H,3-5,9-14H2,1-2H3,(H2,31,32,33,34). The van der Waals surface area contributed by atoms with Crippen molar-refractivity contribution in [3.8, 4) is 0 Å². The van der Waals surface area contributed by atoms with Gasteiger partial charge in [0, 0.05) is 62.6 Å². The summed E-state index contributed by atoms with van der Waals surface area (Å²) >= 11 is 0. The Labute approximate surface area is 226 Å². The molecule has 1 aromatic carbocycles. The van der Waals surface area contributed by atoms with Gasteiger partial charge in [0.1, 0.15) is 17.6 Å². The monoisotopic (exact) mass is 545 g/mol. The van der Waals surface area contributed by atoms with E-state index in [9.17, 15) is 18.0 Å². The number of carbonyl (C=O) groups is 1. The number of likely N-dealkylation sites (N-methyl/N-ethyl adjacent to an activating group) is 1. The van der Waals surface area contributed by atoms with Gasteiger partial charge in [-0.2, -0.15) is 18.2 Å². The van der Waals surface area contributed by atoms with Gasteiger partial charge in [0.25, 0.3) is 5.91 Å². The third-order valence-electron chi connectivity index (χ3n) is 6.65. The molecule has 0 bridgehead atoms. The summed E-state index contributed by atoms with van der Waals surface area (Å²) in [7, 11) is 2.13. The van der Waals surface area contributed by atoms with Crippen LogP contribution in [0.2, 0.25) is 0 Å². The first-order valence-electron chi connectivity index (χ1n) is 13.1. The Kier molecular flexibility index (Phi) is 9.28. The van der Waals surface area contributed by atoms with Crippen LogP contribution in [0.15, 0.2) is 49.2 Å². The smallest absolute Gasteiger partial charge is 0.421 e. The van der Waals surface area contributed by atoms with Crippen LogP contribution in [0.25, 0.3) is 0 Å². The van der Waals surface area contributed by atoms with E-state index in [4.69, 9.17) is 4.74 Å². The zero-order valence-corrected chi connectivity index (χ0v) is 22.2. The Bertz CT molecular complexity index is 1200. The molecule has 2 N–H and O–H groups in total. The lowest BCUT2D eigenvalue weighted by molar-refractivity contribution is -0.137. The topological polar surface area (TPSA) is 85.9 Å². The summed E-state index contributed by atoms with van der Waals surface area (Å²) in [6.45, 7) is 6.48. The van der Waals surface area contributed by atoms with Crippen LogP contribution < -0.4 is 15.5 Å². The quantitative estimate of drug-likeness (QED) is 0.443. The number of amides is 1. The number of ether oxygens (including phenoxy) is 1. The van der Waals surface area contributed by atoms with Crippen LogP contribution in [-0.4, -0.2) is 72.0 Å². The predicted molar refractivity (Wildman–Crippen MR) is 145 cm³/mol. The highest BCUT2D eigenvalue weighted by Crippen LogP contribution is 2.34. The van der Waals surface area contributed by atoms with Crippen molar-refractivity contribution in [3.63, 3.8) is 0 Å². The maximum Gasteiger partial charge on any atom is 0.421 e. The van der Waals surface area contributed by atoms with Crippen molar-refractivity contribution in [3.05, 3.63) is 60.3 Å². The fourth-order valence-corrected chi connectivity index (χ4v) is 4.46. The number of hydrogen-bond acceptors (Lipinski definition) is 8. The molecule has 0 saturated carbocycles. The maximum absolute atomic E-state index is 13.7. The SMILES string of the molecule is CCc1cc(N2CCCN(C)CC2)ccc1Nc1ncc(C(F)(F)F)c(NCCCN2C=COC=CC2=O)n1. The van der Waals surface area contributed by atoms with E-state index in [1.807, 2.05) is 19.1 Å². The molecule has 0 unspecified atom stereocenters. The van der Waals surface area contributed by atoms with Crippen molar-refractivity contribution in [2.45, 2.75) is 32.4 Å². The predicted octanol–water partition coefficient (Wildman–Crippen LogP) is 4.59. The third kappa shape index (κ3) is 7.62. The summed E-state index contributed by atoms with van der Waals surface area (Å²) in [6, 6.07) is 6.07. The second-order valence-corrected chi connectivity index (χ2v) is 9.45. The second-order valence-electron chi connectivity index (χ2n) is 9.45. The fourth-order valence-electron chi connectivity index (χ4n) is 4.46. The minimum Gasteiger partial charge on any atom is -0.471 e. The van der Waals surface area contributed by atoms with Crippen LogP contribution in [-0.2, 0) is 22.1 Å². The van der Waals surface area contributed by atoms with Crippen LogP contribution in [0.5, 0.6) is 0 Å². The Hall–Kier alpha value is -3.80. The molecule has 0 spiro atoms. The Morgan fingerprint density at radius 1 is 1.13 bits per heavy atom. The van der Waals surface area contributed by atoms with E-state index in [1.54, 1.807) is 0 Å². The molecule has 9 nitrogen and oxygen atoms in total. The first-order chi connectivity index (χ1) is 18.7. The number of halogens is 3. The van der Waals surface area contributed by atoms with E-state index in [0.717, 1.165) is 62.2 Å². The third-order valence-corrected chi connectivity index (χ3v) is 6.65. The Morgan fingerprint density at radius 3 is 2.77 bits per heavy atom. The highest BCUT2D eigenvalue weighted by Gasteiger charge is 2.35. The number of hydrogen-bond donors (Lipinski definition) is 2. The average molecular weight is 546 g/mol. The number of alkyl halides is 3. The largest absolute Gasteiger partial charge is 0.471 e. The molecule has 0 radical (unpaired) electrons. The van der Waals surface area contributed by atoms with Gasteiger partial charge in [0.15, 0.2) is 0 Å². The summed E-state index contributed by atoms with van der Waals surface area (Å²) in [5.74, 6) is -0.518. The summed E-state index contributed by atoms with van der Waals surface area (Å²) < 4.78 is 46.0. The number of benzene rings is 1. The van der Waals surface area contributed by atoms with Gasteiger partial charge in [-0.1, -0.05) is 6.92 Å². The summed E-state index contributed by atoms with van der Waals surface area (Å²) in [5.41, 5.74) is 1.95. The normalized spacial score (nSPS) is 16.6. The van der Waals surface area contributed by atoms with E-state index in [1.165, 1.54) is 29.7 Å². The summed E-state index contributed by atoms with van der Waals surface area (Å²) in [6.07, 6.45) is 3.78. The number of carbonyl (C=O) groups excluding carboxylic acids is 1. The van der Waals surface area contributed by atoms with E-state index >= 15 is 0 Å². The second kappa shape index (κ2) is 12.8. The van der Waals surface area contributed by atoms with E-state index in [-0.39, 0.29) is 24.2 Å². The maximum atomic E-state index is 13.7. The van der Waals surface area contributed by atoms with Gasteiger partial charge in [-0.3, -0.25) is 4.79 Å². The summed E-state index contributed by atoms with van der Waals surface area (Å²) in [4.78, 5) is 26.2. The van der Waals surface area contributed by atoms with Gasteiger partial charge >= 0.3 is 6.18 Å². The fraction of sp³-hybridized carbons (Fsp3) is 0.444. The molecule has 0 aliphatic carbocycles. The zero-order chi connectivity index (χ0) is 27.8. The Balaban J connectivity index is 1.46. The number of aromatic nitrogens is 2. The van der Waals surface area contributed by atoms with Crippen LogP contribution in [0.1, 0.15) is 30.9 Å². The van der Waals surface area contributed by atoms with Gasteiger partial charge in [-0.25, -0.2) is 4.98 Å². The van der Waals surface area contributed by atoms with Crippen molar-refractivity contribution in [1.82, 2.24) is 19.8 Å². The molecule has 2 aliphatic rings. The number of anilines is 4. The van der Waals surface area contributed by atoms with Crippen molar-refractivity contribution >= 4 is 29.0 Å². The van der Waals surface area contributed by atoms with Gasteiger partial charge in [-0.05, 0) is 56.6 Å². The van der Waals surface area contributed by atoms with Crippen molar-refractivity contribution < 1.29 is 22.7 Å². The molecule has 1 fully saturated rings. The molecule has 1 aromatic heterocycles. The van der Waals surface area contributed by atoms with Crippen LogP contribution in [0, 0.1) is 0 Å². The zero-order valence-electron chi connectivity index (χ0n) is 22.2. The molecule has 0 atom stereocenters. The highest BCUT2D eigenvalue weighted by molar-refractivity contribution is 5.88. The van der Waals surface area contributed by atoms with Crippen molar-refractivity contribution in [2.75, 3.05) is 61.8 Å². The summed E-state index contributed by atoms with van der Waals surface area (Å²) in [5, 5.41) is 5.88. The van der Waals surface area contributed by atoms with Crippen LogP contribution in [0.3, 0.4) is 0 Å². The lowest BCUT2D eigenvalue weighted by Gasteiger charge is -2.24. The van der Waals surface area contributed by atoms with E-state index < -0.39 is 11.7 Å². The lowest BCUT2D eigenvalue weighted by atomic mass is 10.1. The molecular weight excluding hydrogens is 511 g/mol. The van der Waals surface area contributed by atoms with Crippen molar-refractivity contribution in [2.24, 2.45) is 0 Å². The van der Waals surface area contributed by atoms with Crippen LogP contribution in [0.4, 0.5) is 36.3 Å². The highest BCUT2D eigenvalue weighted by atomic mass is 19.4. The molecule has 1 amide bonds. The average Bonchev–Trinajstić information content (AvgIpc) is 3.25. The van der Waals surface area contributed by atoms with Crippen LogP contribution >= 0.6 is 0 Å². The first kappa shape index (κ1) is 28.2. The van der Waals surface area contributed by atoms with Gasteiger partial charge in [0.05, 0.1) is 6.26 Å². The molecular formula is C27H34F3N7O2. The number of nitrogens with one attached hydrogen (secondary N) is 2. The van der Waals surface area contributed by atoms with Gasteiger partial charge in [0.2, 0.25) is 5.95 Å². The number of rotatable bonds is 9. The minimum atomic E-state index is -4.62. The molecule has 2 aromatic rings. The minimum absolute atomic E-state index is 0.0669. The van der Waals surface area contributed by atoms with E-state index in [0.29, 0.717) is 13.0 Å². The molecule has 2 aliphatic heterocycles. The first-order valence-corrected chi connectivity index (χ1v) is 13.1. The molecule has 210 valence electrons.